The van der Waals surface area contributed by atoms with Crippen LogP contribution in [0, 0.1) is 11.3 Å². The highest BCUT2D eigenvalue weighted by Crippen LogP contribution is 2.33. The number of pyridine rings is 1. The van der Waals surface area contributed by atoms with E-state index >= 15 is 0 Å². The second kappa shape index (κ2) is 5.28. The summed E-state index contributed by atoms with van der Waals surface area (Å²) in [7, 11) is -1.45. The van der Waals surface area contributed by atoms with Crippen LogP contribution in [0.4, 0.5) is 5.82 Å². The number of hydrogen-bond donors (Lipinski definition) is 0. The van der Waals surface area contributed by atoms with E-state index in [2.05, 4.69) is 4.98 Å². The molecule has 112 valence electrons. The molecule has 1 saturated heterocycles. The fraction of sp³-hybridized carbons (Fsp3) is 0.571. The van der Waals surface area contributed by atoms with Gasteiger partial charge < -0.3 is 4.90 Å². The standard InChI is InChI=1S/C14H18N4O2S/c1-17(21(19,20)13-5-6-13)12-7-8-18(10-12)14-4-2-3-11(9-15)16-14/h2-4,12-13H,5-8,10H2,1H3. The molecule has 2 aliphatic rings. The molecule has 0 aromatic carbocycles. The molecule has 7 heteroatoms. The maximum atomic E-state index is 12.3. The van der Waals surface area contributed by atoms with Crippen molar-refractivity contribution in [3.8, 4) is 6.07 Å². The van der Waals surface area contributed by atoms with Gasteiger partial charge >= 0.3 is 0 Å². The van der Waals surface area contributed by atoms with Gasteiger partial charge in [-0.2, -0.15) is 9.57 Å². The van der Waals surface area contributed by atoms with Crippen LogP contribution in [-0.2, 0) is 10.0 Å². The van der Waals surface area contributed by atoms with Crippen molar-refractivity contribution in [1.82, 2.24) is 9.29 Å². The third-order valence-electron chi connectivity index (χ3n) is 4.20. The third kappa shape index (κ3) is 2.74. The molecule has 0 bridgehead atoms. The molecule has 1 aliphatic heterocycles. The van der Waals surface area contributed by atoms with Gasteiger partial charge in [-0.15, -0.1) is 0 Å². The minimum Gasteiger partial charge on any atom is -0.355 e. The fourth-order valence-corrected chi connectivity index (χ4v) is 4.51. The van der Waals surface area contributed by atoms with Gasteiger partial charge in [-0.25, -0.2) is 13.4 Å². The molecule has 6 nitrogen and oxygen atoms in total. The van der Waals surface area contributed by atoms with E-state index in [1.807, 2.05) is 17.0 Å². The monoisotopic (exact) mass is 306 g/mol. The zero-order valence-electron chi connectivity index (χ0n) is 11.9. The molecule has 1 aromatic heterocycles. The van der Waals surface area contributed by atoms with Crippen molar-refractivity contribution >= 4 is 15.8 Å². The lowest BCUT2D eigenvalue weighted by atomic mass is 10.3. The van der Waals surface area contributed by atoms with Crippen molar-refractivity contribution in [2.24, 2.45) is 0 Å². The Morgan fingerprint density at radius 2 is 2.14 bits per heavy atom. The zero-order chi connectivity index (χ0) is 15.0. The highest BCUT2D eigenvalue weighted by atomic mass is 32.2. The number of aromatic nitrogens is 1. The summed E-state index contributed by atoms with van der Waals surface area (Å²) < 4.78 is 26.1. The smallest absolute Gasteiger partial charge is 0.217 e. The predicted octanol–water partition coefficient (Wildman–Crippen LogP) is 0.956. The van der Waals surface area contributed by atoms with Gasteiger partial charge in [0.2, 0.25) is 10.0 Å². The molecule has 21 heavy (non-hydrogen) atoms. The van der Waals surface area contributed by atoms with E-state index in [-0.39, 0.29) is 11.3 Å². The first-order valence-corrected chi connectivity index (χ1v) is 8.61. The van der Waals surface area contributed by atoms with E-state index < -0.39 is 10.0 Å². The Balaban J connectivity index is 1.72. The van der Waals surface area contributed by atoms with Crippen molar-refractivity contribution in [1.29, 1.82) is 5.26 Å². The zero-order valence-corrected chi connectivity index (χ0v) is 12.8. The van der Waals surface area contributed by atoms with Gasteiger partial charge in [-0.3, -0.25) is 0 Å². The maximum Gasteiger partial charge on any atom is 0.217 e. The fourth-order valence-electron chi connectivity index (χ4n) is 2.72. The summed E-state index contributed by atoms with van der Waals surface area (Å²) in [5.74, 6) is 0.744. The van der Waals surface area contributed by atoms with Crippen LogP contribution in [0.2, 0.25) is 0 Å². The molecule has 1 unspecified atom stereocenters. The van der Waals surface area contributed by atoms with Crippen molar-refractivity contribution in [2.45, 2.75) is 30.6 Å². The first kappa shape index (κ1) is 14.3. The lowest BCUT2D eigenvalue weighted by Crippen LogP contribution is -2.40. The van der Waals surface area contributed by atoms with Gasteiger partial charge in [0.15, 0.2) is 0 Å². The Morgan fingerprint density at radius 1 is 1.38 bits per heavy atom. The maximum absolute atomic E-state index is 12.3. The molecule has 2 fully saturated rings. The van der Waals surface area contributed by atoms with Gasteiger partial charge in [0.05, 0.1) is 5.25 Å². The molecule has 0 amide bonds. The summed E-state index contributed by atoms with van der Waals surface area (Å²) in [5, 5.41) is 8.73. The van der Waals surface area contributed by atoms with Crippen LogP contribution >= 0.6 is 0 Å². The summed E-state index contributed by atoms with van der Waals surface area (Å²) in [5.41, 5.74) is 0.384. The molecule has 3 rings (SSSR count). The van der Waals surface area contributed by atoms with E-state index in [1.54, 1.807) is 23.5 Å². The highest BCUT2D eigenvalue weighted by Gasteiger charge is 2.42. The van der Waals surface area contributed by atoms with E-state index in [0.29, 0.717) is 12.2 Å². The van der Waals surface area contributed by atoms with Gasteiger partial charge in [0, 0.05) is 26.2 Å². The Kier molecular flexibility index (Phi) is 3.59. The average Bonchev–Trinajstić information content (AvgIpc) is 3.25. The van der Waals surface area contributed by atoms with Crippen LogP contribution in [0.3, 0.4) is 0 Å². The second-order valence-corrected chi connectivity index (χ2v) is 7.91. The lowest BCUT2D eigenvalue weighted by Gasteiger charge is -2.24. The molecular weight excluding hydrogens is 288 g/mol. The largest absolute Gasteiger partial charge is 0.355 e. The van der Waals surface area contributed by atoms with Gasteiger partial charge in [-0.05, 0) is 31.4 Å². The third-order valence-corrected chi connectivity index (χ3v) is 6.61. The summed E-state index contributed by atoms with van der Waals surface area (Å²) in [6.07, 6.45) is 2.37. The minimum absolute atomic E-state index is 0.0110. The quantitative estimate of drug-likeness (QED) is 0.828. The SMILES string of the molecule is CN(C1CCN(c2cccc(C#N)n2)C1)S(=O)(=O)C1CC1. The summed E-state index contributed by atoms with van der Waals surface area (Å²) >= 11 is 0. The van der Waals surface area contributed by atoms with Crippen LogP contribution in [0.1, 0.15) is 25.0 Å². The average molecular weight is 306 g/mol. The number of anilines is 1. The topological polar surface area (TPSA) is 77.3 Å². The number of rotatable bonds is 4. The number of hydrogen-bond acceptors (Lipinski definition) is 5. The second-order valence-electron chi connectivity index (χ2n) is 5.64. The first-order chi connectivity index (χ1) is 10.0. The molecule has 0 spiro atoms. The van der Waals surface area contributed by atoms with Crippen molar-refractivity contribution in [3.05, 3.63) is 23.9 Å². The Morgan fingerprint density at radius 3 is 2.81 bits per heavy atom. The van der Waals surface area contributed by atoms with Crippen LogP contribution < -0.4 is 4.90 Å². The number of nitriles is 1. The van der Waals surface area contributed by atoms with E-state index in [0.717, 1.165) is 31.6 Å². The van der Waals surface area contributed by atoms with Crippen molar-refractivity contribution in [2.75, 3.05) is 25.0 Å². The number of nitrogens with zero attached hydrogens (tertiary/aromatic N) is 4. The molecule has 0 N–H and O–H groups in total. The molecule has 1 aromatic rings. The molecule has 1 saturated carbocycles. The normalized spacial score (nSPS) is 22.5. The van der Waals surface area contributed by atoms with E-state index in [1.165, 1.54) is 0 Å². The van der Waals surface area contributed by atoms with Crippen molar-refractivity contribution < 1.29 is 8.42 Å². The molecule has 1 aliphatic carbocycles. The molecular formula is C14H18N4O2S. The first-order valence-electron chi connectivity index (χ1n) is 7.11. The van der Waals surface area contributed by atoms with Crippen LogP contribution in [-0.4, -0.2) is 49.1 Å². The summed E-state index contributed by atoms with van der Waals surface area (Å²) in [4.78, 5) is 6.32. The lowest BCUT2D eigenvalue weighted by molar-refractivity contribution is 0.389. The number of sulfonamides is 1. The molecule has 2 heterocycles. The summed E-state index contributed by atoms with van der Waals surface area (Å²) in [6, 6.07) is 7.35. The van der Waals surface area contributed by atoms with Gasteiger partial charge in [0.1, 0.15) is 17.6 Å². The van der Waals surface area contributed by atoms with E-state index in [9.17, 15) is 8.42 Å². The summed E-state index contributed by atoms with van der Waals surface area (Å²) in [6.45, 7) is 1.39. The number of likely N-dealkylation sites (N-methyl/N-ethyl adjacent to an activating group) is 1. The van der Waals surface area contributed by atoms with Crippen molar-refractivity contribution in [3.63, 3.8) is 0 Å². The molecule has 1 atom stereocenters. The van der Waals surface area contributed by atoms with Gasteiger partial charge in [0.25, 0.3) is 0 Å². The Bertz CT molecular complexity index is 678. The van der Waals surface area contributed by atoms with E-state index in [4.69, 9.17) is 5.26 Å². The molecule has 0 radical (unpaired) electrons. The predicted molar refractivity (Wildman–Crippen MR) is 79.3 cm³/mol. The van der Waals surface area contributed by atoms with Crippen LogP contribution in [0.25, 0.3) is 0 Å². The van der Waals surface area contributed by atoms with Crippen LogP contribution in [0.15, 0.2) is 18.2 Å². The Hall–Kier alpha value is -1.65. The Labute approximate surface area is 125 Å². The highest BCUT2D eigenvalue weighted by molar-refractivity contribution is 7.90. The minimum atomic E-state index is -3.13. The van der Waals surface area contributed by atoms with Gasteiger partial charge in [-0.1, -0.05) is 6.07 Å². The van der Waals surface area contributed by atoms with Crippen LogP contribution in [0.5, 0.6) is 0 Å².